The van der Waals surface area contributed by atoms with Crippen LogP contribution in [-0.4, -0.2) is 37.4 Å². The van der Waals surface area contributed by atoms with E-state index in [1.807, 2.05) is 38.6 Å². The summed E-state index contributed by atoms with van der Waals surface area (Å²) in [5.74, 6) is -0.0267. The summed E-state index contributed by atoms with van der Waals surface area (Å²) in [7, 11) is 3.60. The molecule has 0 aromatic carbocycles. The third-order valence-corrected chi connectivity index (χ3v) is 3.79. The van der Waals surface area contributed by atoms with Gasteiger partial charge in [0.2, 0.25) is 0 Å². The predicted molar refractivity (Wildman–Crippen MR) is 81.1 cm³/mol. The number of amides is 1. The van der Waals surface area contributed by atoms with Crippen LogP contribution in [0.4, 0.5) is 0 Å². The van der Waals surface area contributed by atoms with Crippen molar-refractivity contribution in [3.05, 3.63) is 34.4 Å². The fraction of sp³-hybridized carbons (Fsp3) is 0.533. The van der Waals surface area contributed by atoms with Crippen LogP contribution < -0.4 is 0 Å². The summed E-state index contributed by atoms with van der Waals surface area (Å²) in [5.41, 5.74) is 4.67. The Hall–Kier alpha value is -2.11. The lowest BCUT2D eigenvalue weighted by Crippen LogP contribution is -2.28. The SMILES string of the molecule is CCn1nc(C)c(CN(C)C(=O)c2cc(C)nn2C)c1C. The van der Waals surface area contributed by atoms with E-state index in [1.54, 1.807) is 16.6 Å². The van der Waals surface area contributed by atoms with Crippen LogP contribution in [0.25, 0.3) is 0 Å². The first-order valence-corrected chi connectivity index (χ1v) is 7.14. The van der Waals surface area contributed by atoms with Gasteiger partial charge in [0.15, 0.2) is 0 Å². The van der Waals surface area contributed by atoms with Crippen LogP contribution in [0, 0.1) is 20.8 Å². The fourth-order valence-electron chi connectivity index (χ4n) is 2.59. The molecule has 2 aromatic heterocycles. The first kappa shape index (κ1) is 15.3. The molecule has 2 rings (SSSR count). The topological polar surface area (TPSA) is 56.0 Å². The molecule has 0 spiro atoms. The van der Waals surface area contributed by atoms with E-state index in [0.717, 1.165) is 29.2 Å². The van der Waals surface area contributed by atoms with Gasteiger partial charge >= 0.3 is 0 Å². The monoisotopic (exact) mass is 289 g/mol. The Labute approximate surface area is 125 Å². The maximum Gasteiger partial charge on any atom is 0.272 e. The zero-order chi connectivity index (χ0) is 15.7. The van der Waals surface area contributed by atoms with Crippen molar-refractivity contribution in [3.63, 3.8) is 0 Å². The highest BCUT2D eigenvalue weighted by Gasteiger charge is 2.19. The van der Waals surface area contributed by atoms with E-state index >= 15 is 0 Å². The maximum atomic E-state index is 12.5. The number of aryl methyl sites for hydroxylation is 4. The smallest absolute Gasteiger partial charge is 0.272 e. The second-order valence-electron chi connectivity index (χ2n) is 5.42. The lowest BCUT2D eigenvalue weighted by Gasteiger charge is -2.17. The summed E-state index contributed by atoms with van der Waals surface area (Å²) in [6.45, 7) is 9.38. The van der Waals surface area contributed by atoms with Gasteiger partial charge < -0.3 is 4.90 Å². The van der Waals surface area contributed by atoms with E-state index in [4.69, 9.17) is 0 Å². The van der Waals surface area contributed by atoms with Gasteiger partial charge in [0.25, 0.3) is 5.91 Å². The number of carbonyl (C=O) groups excluding carboxylic acids is 1. The Balaban J connectivity index is 2.22. The average molecular weight is 289 g/mol. The molecule has 21 heavy (non-hydrogen) atoms. The minimum Gasteiger partial charge on any atom is -0.336 e. The quantitative estimate of drug-likeness (QED) is 0.863. The van der Waals surface area contributed by atoms with E-state index in [2.05, 4.69) is 17.1 Å². The summed E-state index contributed by atoms with van der Waals surface area (Å²) in [4.78, 5) is 14.2. The highest BCUT2D eigenvalue weighted by molar-refractivity contribution is 5.92. The van der Waals surface area contributed by atoms with E-state index in [1.165, 1.54) is 0 Å². The minimum absolute atomic E-state index is 0.0267. The van der Waals surface area contributed by atoms with Crippen molar-refractivity contribution >= 4 is 5.91 Å². The molecule has 0 N–H and O–H groups in total. The average Bonchev–Trinajstić information content (AvgIpc) is 2.90. The molecular formula is C15H23N5O. The maximum absolute atomic E-state index is 12.5. The van der Waals surface area contributed by atoms with Crippen LogP contribution in [0.15, 0.2) is 6.07 Å². The van der Waals surface area contributed by atoms with Crippen molar-refractivity contribution < 1.29 is 4.79 Å². The zero-order valence-corrected chi connectivity index (χ0v) is 13.6. The molecule has 6 nitrogen and oxygen atoms in total. The molecule has 0 aliphatic carbocycles. The van der Waals surface area contributed by atoms with Gasteiger partial charge in [-0.05, 0) is 33.8 Å². The van der Waals surface area contributed by atoms with Crippen molar-refractivity contribution in [2.75, 3.05) is 7.05 Å². The van der Waals surface area contributed by atoms with Crippen LogP contribution in [0.1, 0.15) is 40.1 Å². The van der Waals surface area contributed by atoms with Gasteiger partial charge in [-0.2, -0.15) is 10.2 Å². The first-order chi connectivity index (χ1) is 9.85. The summed E-state index contributed by atoms with van der Waals surface area (Å²) in [5, 5.41) is 8.72. The van der Waals surface area contributed by atoms with Crippen molar-refractivity contribution in [2.45, 2.75) is 40.8 Å². The normalized spacial score (nSPS) is 11.0. The van der Waals surface area contributed by atoms with Gasteiger partial charge in [-0.3, -0.25) is 14.2 Å². The molecule has 0 bridgehead atoms. The Morgan fingerprint density at radius 1 is 1.29 bits per heavy atom. The van der Waals surface area contributed by atoms with Crippen LogP contribution in [0.3, 0.4) is 0 Å². The number of carbonyl (C=O) groups is 1. The summed E-state index contributed by atoms with van der Waals surface area (Å²) in [6.07, 6.45) is 0. The number of hydrogen-bond donors (Lipinski definition) is 0. The van der Waals surface area contributed by atoms with Crippen LogP contribution in [-0.2, 0) is 20.1 Å². The van der Waals surface area contributed by atoms with E-state index in [0.29, 0.717) is 12.2 Å². The van der Waals surface area contributed by atoms with Crippen molar-refractivity contribution in [2.24, 2.45) is 7.05 Å². The molecule has 0 aliphatic rings. The minimum atomic E-state index is -0.0267. The van der Waals surface area contributed by atoms with Gasteiger partial charge in [-0.15, -0.1) is 0 Å². The molecule has 2 aromatic rings. The Bertz CT molecular complexity index is 668. The van der Waals surface area contributed by atoms with Crippen LogP contribution in [0.5, 0.6) is 0 Å². The summed E-state index contributed by atoms with van der Waals surface area (Å²) >= 11 is 0. The van der Waals surface area contributed by atoms with E-state index in [9.17, 15) is 4.79 Å². The molecule has 0 fully saturated rings. The third kappa shape index (κ3) is 2.84. The number of nitrogens with zero attached hydrogens (tertiary/aromatic N) is 5. The molecule has 0 radical (unpaired) electrons. The molecule has 114 valence electrons. The number of rotatable bonds is 4. The zero-order valence-electron chi connectivity index (χ0n) is 13.6. The molecule has 0 atom stereocenters. The molecule has 1 amide bonds. The largest absolute Gasteiger partial charge is 0.336 e. The predicted octanol–water partition coefficient (Wildman–Crippen LogP) is 1.83. The van der Waals surface area contributed by atoms with Crippen molar-refractivity contribution in [1.29, 1.82) is 0 Å². The Morgan fingerprint density at radius 2 is 1.95 bits per heavy atom. The fourth-order valence-corrected chi connectivity index (χ4v) is 2.59. The van der Waals surface area contributed by atoms with E-state index in [-0.39, 0.29) is 5.91 Å². The van der Waals surface area contributed by atoms with Gasteiger partial charge in [0.1, 0.15) is 5.69 Å². The molecule has 2 heterocycles. The molecule has 0 saturated heterocycles. The highest BCUT2D eigenvalue weighted by atomic mass is 16.2. The Kier molecular flexibility index (Phi) is 4.16. The molecular weight excluding hydrogens is 266 g/mol. The second kappa shape index (κ2) is 5.71. The van der Waals surface area contributed by atoms with Gasteiger partial charge in [0.05, 0.1) is 11.4 Å². The lowest BCUT2D eigenvalue weighted by molar-refractivity contribution is 0.0774. The lowest BCUT2D eigenvalue weighted by atomic mass is 10.2. The number of aromatic nitrogens is 4. The van der Waals surface area contributed by atoms with E-state index < -0.39 is 0 Å². The molecule has 6 heteroatoms. The number of hydrogen-bond acceptors (Lipinski definition) is 3. The third-order valence-electron chi connectivity index (χ3n) is 3.79. The molecule has 0 saturated carbocycles. The summed E-state index contributed by atoms with van der Waals surface area (Å²) in [6, 6.07) is 1.81. The van der Waals surface area contributed by atoms with Gasteiger partial charge in [0, 0.05) is 38.4 Å². The van der Waals surface area contributed by atoms with Crippen molar-refractivity contribution in [1.82, 2.24) is 24.5 Å². The first-order valence-electron chi connectivity index (χ1n) is 7.14. The van der Waals surface area contributed by atoms with Crippen LogP contribution >= 0.6 is 0 Å². The Morgan fingerprint density at radius 3 is 2.43 bits per heavy atom. The highest BCUT2D eigenvalue weighted by Crippen LogP contribution is 2.16. The van der Waals surface area contributed by atoms with Crippen LogP contribution in [0.2, 0.25) is 0 Å². The molecule has 0 unspecified atom stereocenters. The molecule has 0 aliphatic heterocycles. The van der Waals surface area contributed by atoms with Gasteiger partial charge in [-0.1, -0.05) is 0 Å². The van der Waals surface area contributed by atoms with Gasteiger partial charge in [-0.25, -0.2) is 0 Å². The second-order valence-corrected chi connectivity index (χ2v) is 5.42. The van der Waals surface area contributed by atoms with Crippen molar-refractivity contribution in [3.8, 4) is 0 Å². The summed E-state index contributed by atoms with van der Waals surface area (Å²) < 4.78 is 3.60. The standard InChI is InChI=1S/C15H23N5O/c1-7-20-12(4)13(11(3)17-20)9-18(5)15(21)14-8-10(2)16-19(14)6/h8H,7,9H2,1-6H3.